The maximum absolute atomic E-state index is 12.5. The van der Waals surface area contributed by atoms with Gasteiger partial charge in [0.05, 0.1) is 6.61 Å². The number of ether oxygens (including phenoxy) is 1. The number of esters is 1. The molecule has 0 spiro atoms. The van der Waals surface area contributed by atoms with Gasteiger partial charge < -0.3 is 4.74 Å². The van der Waals surface area contributed by atoms with Gasteiger partial charge in [-0.25, -0.2) is 5.01 Å². The summed E-state index contributed by atoms with van der Waals surface area (Å²) in [6.07, 6.45) is 12.7. The second-order valence-corrected chi connectivity index (χ2v) is 6.46. The molecule has 6 heteroatoms. The number of allylic oxidation sites excluding steroid dienone is 4. The summed E-state index contributed by atoms with van der Waals surface area (Å²) in [5.41, 5.74) is 4.38. The Balaban J connectivity index is 1.97. The van der Waals surface area contributed by atoms with Gasteiger partial charge in [0.25, 0.3) is 11.8 Å². The van der Waals surface area contributed by atoms with E-state index in [4.69, 9.17) is 4.74 Å². The first kappa shape index (κ1) is 24.1. The van der Waals surface area contributed by atoms with Crippen molar-refractivity contribution in [2.24, 2.45) is 0 Å². The molecule has 0 fully saturated rings. The fourth-order valence-electron chi connectivity index (χ4n) is 2.51. The van der Waals surface area contributed by atoms with Crippen molar-refractivity contribution in [3.05, 3.63) is 108 Å². The zero-order chi connectivity index (χ0) is 23.0. The number of carbonyl (C=O) groups is 3. The van der Waals surface area contributed by atoms with Crippen LogP contribution in [-0.4, -0.2) is 35.9 Å². The van der Waals surface area contributed by atoms with Crippen LogP contribution < -0.4 is 5.43 Å². The summed E-state index contributed by atoms with van der Waals surface area (Å²) in [4.78, 5) is 36.5. The highest BCUT2D eigenvalue weighted by atomic mass is 16.5. The fourth-order valence-corrected chi connectivity index (χ4v) is 2.51. The summed E-state index contributed by atoms with van der Waals surface area (Å²) in [6.45, 7) is 1.44. The van der Waals surface area contributed by atoms with Crippen LogP contribution >= 0.6 is 0 Å². The van der Waals surface area contributed by atoms with Crippen molar-refractivity contribution in [3.63, 3.8) is 0 Å². The number of hydrogen-bond donors (Lipinski definition) is 1. The molecule has 0 aliphatic rings. The monoisotopic (exact) mass is 430 g/mol. The van der Waals surface area contributed by atoms with E-state index in [0.717, 1.165) is 16.1 Å². The summed E-state index contributed by atoms with van der Waals surface area (Å²) in [5.74, 6) is -1.73. The quantitative estimate of drug-likeness (QED) is 0.283. The van der Waals surface area contributed by atoms with Crippen molar-refractivity contribution in [1.29, 1.82) is 0 Å². The highest BCUT2D eigenvalue weighted by Gasteiger charge is 2.17. The zero-order valence-electron chi connectivity index (χ0n) is 17.9. The van der Waals surface area contributed by atoms with Gasteiger partial charge in [-0.05, 0) is 18.1 Å². The Kier molecular flexibility index (Phi) is 10.5. The Bertz CT molecular complexity index is 993. The average Bonchev–Trinajstić information content (AvgIpc) is 2.80. The van der Waals surface area contributed by atoms with E-state index in [1.165, 1.54) is 18.2 Å². The predicted molar refractivity (Wildman–Crippen MR) is 126 cm³/mol. The number of hydrogen-bond acceptors (Lipinski definition) is 4. The van der Waals surface area contributed by atoms with E-state index >= 15 is 0 Å². The minimum Gasteiger partial charge on any atom is -0.465 e. The molecular weight excluding hydrogens is 404 g/mol. The molecule has 0 aromatic heterocycles. The summed E-state index contributed by atoms with van der Waals surface area (Å²) in [5, 5.41) is 0.915. The van der Waals surface area contributed by atoms with Crippen molar-refractivity contribution < 1.29 is 19.1 Å². The van der Waals surface area contributed by atoms with Gasteiger partial charge in [0, 0.05) is 12.2 Å². The molecule has 0 saturated heterocycles. The Labute approximate surface area is 188 Å². The van der Waals surface area contributed by atoms with Crippen LogP contribution in [0.15, 0.2) is 97.1 Å². The second kappa shape index (κ2) is 13.9. The molecule has 32 heavy (non-hydrogen) atoms. The van der Waals surface area contributed by atoms with E-state index in [9.17, 15) is 14.4 Å². The first-order chi connectivity index (χ1) is 15.6. The van der Waals surface area contributed by atoms with E-state index in [0.29, 0.717) is 0 Å². The first-order valence-corrected chi connectivity index (χ1v) is 10.2. The van der Waals surface area contributed by atoms with E-state index in [1.54, 1.807) is 25.2 Å². The molecule has 0 atom stereocenters. The number of carbonyl (C=O) groups excluding carboxylic acids is 3. The third-order valence-electron chi connectivity index (χ3n) is 3.99. The van der Waals surface area contributed by atoms with E-state index in [-0.39, 0.29) is 6.61 Å². The molecular formula is C26H26N2O4. The van der Waals surface area contributed by atoms with Crippen LogP contribution in [0.3, 0.4) is 0 Å². The second-order valence-electron chi connectivity index (χ2n) is 6.46. The largest absolute Gasteiger partial charge is 0.465 e. The van der Waals surface area contributed by atoms with Gasteiger partial charge in [0.15, 0.2) is 0 Å². The predicted octanol–water partition coefficient (Wildman–Crippen LogP) is 3.95. The van der Waals surface area contributed by atoms with Crippen LogP contribution in [0.5, 0.6) is 0 Å². The van der Waals surface area contributed by atoms with E-state index in [1.807, 2.05) is 72.8 Å². The first-order valence-electron chi connectivity index (χ1n) is 10.2. The molecule has 0 heterocycles. The Morgan fingerprint density at radius 3 is 1.88 bits per heavy atom. The summed E-state index contributed by atoms with van der Waals surface area (Å²) in [7, 11) is 0. The van der Waals surface area contributed by atoms with Crippen LogP contribution in [-0.2, 0) is 19.1 Å². The minimum absolute atomic E-state index is 0.175. The molecule has 2 aromatic rings. The zero-order valence-corrected chi connectivity index (χ0v) is 17.9. The van der Waals surface area contributed by atoms with Crippen LogP contribution in [0.1, 0.15) is 18.1 Å². The van der Waals surface area contributed by atoms with Gasteiger partial charge >= 0.3 is 5.97 Å². The van der Waals surface area contributed by atoms with Gasteiger partial charge in [-0.1, -0.05) is 97.1 Å². The fraction of sp³-hybridized carbons (Fsp3) is 0.115. The molecule has 1 N–H and O–H groups in total. The number of amides is 2. The number of nitrogens with zero attached hydrogens (tertiary/aromatic N) is 1. The standard InChI is InChI=1S/C26H26N2O4/c1-2-32-26(31)21-28(25(30)20-12-10-18-23-15-7-4-8-16-23)27-24(29)19-11-9-17-22-13-5-3-6-14-22/h3-20H,2,21H2,1H3,(H,27,29)/b17-9+,18-10+,19-11+,20-12+. The van der Waals surface area contributed by atoms with Crippen molar-refractivity contribution in [2.45, 2.75) is 6.92 Å². The van der Waals surface area contributed by atoms with Crippen LogP contribution in [0.4, 0.5) is 0 Å². The Hall–Kier alpha value is -4.19. The molecule has 0 radical (unpaired) electrons. The lowest BCUT2D eigenvalue weighted by Gasteiger charge is -2.20. The highest BCUT2D eigenvalue weighted by molar-refractivity contribution is 5.94. The van der Waals surface area contributed by atoms with Crippen LogP contribution in [0.25, 0.3) is 12.2 Å². The summed E-state index contributed by atoms with van der Waals surface area (Å²) in [6, 6.07) is 19.2. The van der Waals surface area contributed by atoms with Gasteiger partial charge in [-0.15, -0.1) is 0 Å². The maximum atomic E-state index is 12.5. The molecule has 2 amide bonds. The third kappa shape index (κ3) is 9.54. The van der Waals surface area contributed by atoms with Gasteiger partial charge in [-0.2, -0.15) is 0 Å². The maximum Gasteiger partial charge on any atom is 0.327 e. The summed E-state index contributed by atoms with van der Waals surface area (Å²) >= 11 is 0. The number of hydrazine groups is 1. The van der Waals surface area contributed by atoms with E-state index < -0.39 is 24.3 Å². The lowest BCUT2D eigenvalue weighted by atomic mass is 10.2. The van der Waals surface area contributed by atoms with E-state index in [2.05, 4.69) is 5.43 Å². The molecule has 0 saturated carbocycles. The molecule has 6 nitrogen and oxygen atoms in total. The highest BCUT2D eigenvalue weighted by Crippen LogP contribution is 2.02. The topological polar surface area (TPSA) is 75.7 Å². The molecule has 0 unspecified atom stereocenters. The van der Waals surface area contributed by atoms with Crippen molar-refractivity contribution in [2.75, 3.05) is 13.2 Å². The molecule has 0 aliphatic heterocycles. The molecule has 2 rings (SSSR count). The summed E-state index contributed by atoms with van der Waals surface area (Å²) < 4.78 is 4.88. The number of rotatable bonds is 9. The Morgan fingerprint density at radius 2 is 1.34 bits per heavy atom. The molecule has 0 aliphatic carbocycles. The number of nitrogens with one attached hydrogen (secondary N) is 1. The number of benzene rings is 2. The lowest BCUT2D eigenvalue weighted by Crippen LogP contribution is -2.47. The molecule has 0 bridgehead atoms. The normalized spacial score (nSPS) is 11.4. The van der Waals surface area contributed by atoms with Gasteiger partial charge in [-0.3, -0.25) is 19.8 Å². The van der Waals surface area contributed by atoms with Crippen LogP contribution in [0, 0.1) is 0 Å². The van der Waals surface area contributed by atoms with Gasteiger partial charge in [0.2, 0.25) is 0 Å². The van der Waals surface area contributed by atoms with Crippen LogP contribution in [0.2, 0.25) is 0 Å². The SMILES string of the molecule is CCOC(=O)CN(NC(=O)/C=C/C=C/c1ccccc1)C(=O)/C=C/C=C/c1ccccc1. The van der Waals surface area contributed by atoms with Gasteiger partial charge in [0.1, 0.15) is 6.54 Å². The average molecular weight is 431 g/mol. The third-order valence-corrected chi connectivity index (χ3v) is 3.99. The van der Waals surface area contributed by atoms with Crippen molar-refractivity contribution >= 4 is 29.9 Å². The smallest absolute Gasteiger partial charge is 0.327 e. The molecule has 2 aromatic carbocycles. The lowest BCUT2D eigenvalue weighted by molar-refractivity contribution is -0.150. The minimum atomic E-state index is -0.623. The molecule has 164 valence electrons. The Morgan fingerprint density at radius 1 is 0.812 bits per heavy atom. The van der Waals surface area contributed by atoms with Crippen molar-refractivity contribution in [1.82, 2.24) is 10.4 Å². The van der Waals surface area contributed by atoms with Crippen molar-refractivity contribution in [3.8, 4) is 0 Å².